The highest BCUT2D eigenvalue weighted by atomic mass is 35.5. The van der Waals surface area contributed by atoms with E-state index in [9.17, 15) is 9.90 Å². The van der Waals surface area contributed by atoms with Gasteiger partial charge in [0.15, 0.2) is 0 Å². The van der Waals surface area contributed by atoms with E-state index in [1.54, 1.807) is 0 Å². The highest BCUT2D eigenvalue weighted by Crippen LogP contribution is 2.28. The summed E-state index contributed by atoms with van der Waals surface area (Å²) in [6.07, 6.45) is 1.30. The van der Waals surface area contributed by atoms with Crippen molar-refractivity contribution >= 4 is 23.3 Å². The molecule has 0 amide bonds. The second-order valence-corrected chi connectivity index (χ2v) is 5.35. The van der Waals surface area contributed by atoms with Gasteiger partial charge in [-0.3, -0.25) is 4.79 Å². The summed E-state index contributed by atoms with van der Waals surface area (Å²) in [5.41, 5.74) is 6.84. The number of hydrogen-bond donors (Lipinski definition) is 2. The highest BCUT2D eigenvalue weighted by molar-refractivity contribution is 6.30. The van der Waals surface area contributed by atoms with Crippen molar-refractivity contribution in [3.8, 4) is 0 Å². The molecule has 1 atom stereocenters. The fourth-order valence-electron chi connectivity index (χ4n) is 2.44. The van der Waals surface area contributed by atoms with Gasteiger partial charge in [-0.15, -0.1) is 0 Å². The first-order valence-corrected chi connectivity index (χ1v) is 6.33. The van der Waals surface area contributed by atoms with Gasteiger partial charge < -0.3 is 15.7 Å². The molecular weight excluding hydrogens is 252 g/mol. The summed E-state index contributed by atoms with van der Waals surface area (Å²) < 4.78 is 0. The van der Waals surface area contributed by atoms with Crippen LogP contribution >= 0.6 is 11.6 Å². The van der Waals surface area contributed by atoms with Crippen molar-refractivity contribution in [1.29, 1.82) is 0 Å². The zero-order valence-electron chi connectivity index (χ0n) is 10.3. The number of anilines is 1. The van der Waals surface area contributed by atoms with Gasteiger partial charge >= 0.3 is 5.97 Å². The molecule has 1 saturated heterocycles. The molecule has 1 aromatic carbocycles. The molecule has 5 heteroatoms. The summed E-state index contributed by atoms with van der Waals surface area (Å²) in [7, 11) is 0. The number of carbonyl (C=O) groups is 1. The van der Waals surface area contributed by atoms with Gasteiger partial charge in [-0.25, -0.2) is 0 Å². The predicted octanol–water partition coefficient (Wildman–Crippen LogP) is 2.03. The minimum Gasteiger partial charge on any atom is -0.480 e. The maximum Gasteiger partial charge on any atom is 0.325 e. The number of halogens is 1. The van der Waals surface area contributed by atoms with Gasteiger partial charge in [0.1, 0.15) is 5.54 Å². The van der Waals surface area contributed by atoms with Crippen molar-refractivity contribution < 1.29 is 9.90 Å². The molecule has 1 heterocycles. The Balaban J connectivity index is 2.26. The molecule has 1 unspecified atom stereocenters. The third-order valence-electron chi connectivity index (χ3n) is 3.45. The molecule has 0 spiro atoms. The Kier molecular flexibility index (Phi) is 3.50. The van der Waals surface area contributed by atoms with Crippen molar-refractivity contribution in [2.24, 2.45) is 5.73 Å². The van der Waals surface area contributed by atoms with Gasteiger partial charge in [-0.1, -0.05) is 11.6 Å². The van der Waals surface area contributed by atoms with Crippen LogP contribution in [0.3, 0.4) is 0 Å². The lowest BCUT2D eigenvalue weighted by molar-refractivity contribution is -0.143. The van der Waals surface area contributed by atoms with Crippen LogP contribution in [0.2, 0.25) is 5.02 Å². The van der Waals surface area contributed by atoms with Gasteiger partial charge in [-0.05, 0) is 43.5 Å². The van der Waals surface area contributed by atoms with Crippen molar-refractivity contribution in [2.45, 2.75) is 25.3 Å². The number of nitrogens with zero attached hydrogens (tertiary/aromatic N) is 1. The Bertz CT molecular complexity index is 478. The molecule has 1 aliphatic rings. The first-order valence-electron chi connectivity index (χ1n) is 5.96. The second-order valence-electron chi connectivity index (χ2n) is 4.92. The number of nitrogens with two attached hydrogens (primary N) is 1. The molecule has 1 aliphatic heterocycles. The lowest BCUT2D eigenvalue weighted by Crippen LogP contribution is -2.59. The van der Waals surface area contributed by atoms with Crippen LogP contribution in [0.1, 0.15) is 18.4 Å². The number of benzene rings is 1. The van der Waals surface area contributed by atoms with E-state index < -0.39 is 11.5 Å². The van der Waals surface area contributed by atoms with Crippen LogP contribution in [0.4, 0.5) is 5.69 Å². The summed E-state index contributed by atoms with van der Waals surface area (Å²) in [4.78, 5) is 13.3. The molecule has 1 aromatic rings. The molecule has 0 aromatic heterocycles. The Hall–Kier alpha value is -1.26. The van der Waals surface area contributed by atoms with E-state index in [1.807, 2.05) is 30.0 Å². The van der Waals surface area contributed by atoms with Crippen molar-refractivity contribution in [3.05, 3.63) is 28.8 Å². The van der Waals surface area contributed by atoms with E-state index in [-0.39, 0.29) is 0 Å². The summed E-state index contributed by atoms with van der Waals surface area (Å²) >= 11 is 5.93. The molecule has 0 saturated carbocycles. The Morgan fingerprint density at radius 3 is 2.89 bits per heavy atom. The average molecular weight is 269 g/mol. The predicted molar refractivity (Wildman–Crippen MR) is 72.2 cm³/mol. The molecule has 18 heavy (non-hydrogen) atoms. The summed E-state index contributed by atoms with van der Waals surface area (Å²) in [6, 6.07) is 5.62. The van der Waals surface area contributed by atoms with E-state index in [4.69, 9.17) is 17.3 Å². The molecular formula is C13H17ClN2O2. The maximum absolute atomic E-state index is 11.2. The van der Waals surface area contributed by atoms with Gasteiger partial charge in [-0.2, -0.15) is 0 Å². The van der Waals surface area contributed by atoms with Gasteiger partial charge in [0.25, 0.3) is 0 Å². The molecule has 4 nitrogen and oxygen atoms in total. The maximum atomic E-state index is 11.2. The van der Waals surface area contributed by atoms with Gasteiger partial charge in [0.05, 0.1) is 0 Å². The zero-order chi connectivity index (χ0) is 13.3. The number of hydrogen-bond acceptors (Lipinski definition) is 3. The number of aliphatic carboxylic acids is 1. The van der Waals surface area contributed by atoms with Crippen molar-refractivity contribution in [2.75, 3.05) is 18.0 Å². The molecule has 0 radical (unpaired) electrons. The zero-order valence-corrected chi connectivity index (χ0v) is 11.1. The first kappa shape index (κ1) is 13.2. The lowest BCUT2D eigenvalue weighted by Gasteiger charge is -2.39. The van der Waals surface area contributed by atoms with Gasteiger partial charge in [0.2, 0.25) is 0 Å². The SMILES string of the molecule is Cc1cc(Cl)ccc1N1CCCC(N)(C(=O)O)C1. The Morgan fingerprint density at radius 2 is 2.28 bits per heavy atom. The van der Waals surface area contributed by atoms with E-state index in [0.29, 0.717) is 18.0 Å². The van der Waals surface area contributed by atoms with Crippen LogP contribution in [-0.2, 0) is 4.79 Å². The number of carboxylic acid groups (broad SMARTS) is 1. The number of piperidine rings is 1. The molecule has 0 bridgehead atoms. The van der Waals surface area contributed by atoms with Crippen LogP contribution in [0.25, 0.3) is 0 Å². The lowest BCUT2D eigenvalue weighted by atomic mass is 9.89. The third kappa shape index (κ3) is 2.44. The minimum absolute atomic E-state index is 0.338. The van der Waals surface area contributed by atoms with E-state index in [0.717, 1.165) is 24.2 Å². The fourth-order valence-corrected chi connectivity index (χ4v) is 2.66. The average Bonchev–Trinajstić information content (AvgIpc) is 2.28. The van der Waals surface area contributed by atoms with Crippen LogP contribution in [0, 0.1) is 6.92 Å². The third-order valence-corrected chi connectivity index (χ3v) is 3.68. The largest absolute Gasteiger partial charge is 0.480 e. The summed E-state index contributed by atoms with van der Waals surface area (Å²) in [5, 5.41) is 9.89. The van der Waals surface area contributed by atoms with Gasteiger partial charge in [0, 0.05) is 23.8 Å². The van der Waals surface area contributed by atoms with E-state index >= 15 is 0 Å². The van der Waals surface area contributed by atoms with Crippen LogP contribution < -0.4 is 10.6 Å². The van der Waals surface area contributed by atoms with Crippen LogP contribution in [0.5, 0.6) is 0 Å². The normalized spacial score (nSPS) is 24.1. The van der Waals surface area contributed by atoms with E-state index in [2.05, 4.69) is 0 Å². The number of rotatable bonds is 2. The topological polar surface area (TPSA) is 66.6 Å². The van der Waals surface area contributed by atoms with Crippen molar-refractivity contribution in [3.63, 3.8) is 0 Å². The molecule has 3 N–H and O–H groups in total. The smallest absolute Gasteiger partial charge is 0.325 e. The van der Waals surface area contributed by atoms with Crippen LogP contribution in [0.15, 0.2) is 18.2 Å². The monoisotopic (exact) mass is 268 g/mol. The summed E-state index contributed by atoms with van der Waals surface area (Å²) in [6.45, 7) is 3.13. The fraction of sp³-hybridized carbons (Fsp3) is 0.462. The molecule has 1 fully saturated rings. The quantitative estimate of drug-likeness (QED) is 0.861. The standard InChI is InChI=1S/C13H17ClN2O2/c1-9-7-10(14)3-4-11(9)16-6-2-5-13(15,8-16)12(17)18/h3-4,7H,2,5-6,8,15H2,1H3,(H,17,18). The number of carboxylic acids is 1. The number of aryl methyl sites for hydroxylation is 1. The Morgan fingerprint density at radius 1 is 1.56 bits per heavy atom. The molecule has 0 aliphatic carbocycles. The summed E-state index contributed by atoms with van der Waals surface area (Å²) in [5.74, 6) is -0.932. The van der Waals surface area contributed by atoms with Crippen LogP contribution in [-0.4, -0.2) is 29.7 Å². The van der Waals surface area contributed by atoms with E-state index in [1.165, 1.54) is 0 Å². The first-order chi connectivity index (χ1) is 8.42. The van der Waals surface area contributed by atoms with Crippen molar-refractivity contribution in [1.82, 2.24) is 0 Å². The molecule has 98 valence electrons. The highest BCUT2D eigenvalue weighted by Gasteiger charge is 2.38. The minimum atomic E-state index is -1.15. The molecule has 2 rings (SSSR count). The Labute approximate surface area is 111 Å². The second kappa shape index (κ2) is 4.78.